The van der Waals surface area contributed by atoms with Gasteiger partial charge in [0.05, 0.1) is 17.1 Å². The average Bonchev–Trinajstić information content (AvgIpc) is 3.79. The minimum Gasteiger partial charge on any atom is -0.309 e. The number of nitrogens with zero attached hydrogens (tertiary/aromatic N) is 1. The summed E-state index contributed by atoms with van der Waals surface area (Å²) in [6.07, 6.45) is 0. The molecule has 0 radical (unpaired) electrons. The molecule has 12 rings (SSSR count). The van der Waals surface area contributed by atoms with Gasteiger partial charge in [0, 0.05) is 27.5 Å². The van der Waals surface area contributed by atoms with E-state index in [2.05, 4.69) is 286 Å². The van der Waals surface area contributed by atoms with E-state index in [1.807, 2.05) is 0 Å². The molecule has 0 N–H and O–H groups in total. The molecule has 0 spiro atoms. The first-order chi connectivity index (χ1) is 34.6. The maximum atomic E-state index is 2.60. The SMILES string of the molecule is CC(C)(C)c1cc(-c2cccc3cccc(-c4ccccc4N(c4ccccc4-c4ccc5c(c4)C(C)(c4ccccc4)c4ccccc4-5)c4cccc5c4-c4ccccc4C5(C)C)c23)cc(C(C)(C)C)c1. The van der Waals surface area contributed by atoms with Gasteiger partial charge >= 0.3 is 0 Å². The summed E-state index contributed by atoms with van der Waals surface area (Å²) in [6.45, 7) is 21.2. The fourth-order valence-corrected chi connectivity index (χ4v) is 12.3. The standard InChI is InChI=1S/C71H63N/c1-68(2,3)50-42-48(43-51(45-50)69(4,5)6)53-32-21-24-46-25-22-33-57(66(46)53)56-30-16-20-38-64(56)72(65-39-23-36-61-67(65)58-31-14-17-34-59(58)70(61,7)8)63-37-19-15-28-52(63)47-40-41-55-54-29-13-18-35-60(54)71(9,62(55)44-47)49-26-11-10-12-27-49/h10-45H,1-9H3. The molecule has 72 heavy (non-hydrogen) atoms. The first kappa shape index (κ1) is 45.4. The maximum absolute atomic E-state index is 2.60. The van der Waals surface area contributed by atoms with Crippen LogP contribution in [0, 0.1) is 0 Å². The van der Waals surface area contributed by atoms with E-state index in [4.69, 9.17) is 0 Å². The van der Waals surface area contributed by atoms with Crippen LogP contribution in [0.5, 0.6) is 0 Å². The van der Waals surface area contributed by atoms with Crippen molar-refractivity contribution in [2.24, 2.45) is 0 Å². The highest BCUT2D eigenvalue weighted by atomic mass is 15.2. The number of hydrogen-bond acceptors (Lipinski definition) is 1. The lowest BCUT2D eigenvalue weighted by atomic mass is 9.74. The van der Waals surface area contributed by atoms with Crippen molar-refractivity contribution in [1.29, 1.82) is 0 Å². The zero-order chi connectivity index (χ0) is 49.7. The molecule has 0 saturated carbocycles. The van der Waals surface area contributed by atoms with E-state index in [0.29, 0.717) is 0 Å². The molecule has 352 valence electrons. The molecule has 2 aliphatic rings. The van der Waals surface area contributed by atoms with Gasteiger partial charge in [0.25, 0.3) is 0 Å². The lowest BCUT2D eigenvalue weighted by molar-refractivity contribution is 0.569. The van der Waals surface area contributed by atoms with Crippen LogP contribution in [0.15, 0.2) is 218 Å². The molecule has 1 heteroatoms. The van der Waals surface area contributed by atoms with Gasteiger partial charge in [0.15, 0.2) is 0 Å². The Kier molecular flexibility index (Phi) is 10.5. The predicted molar refractivity (Wildman–Crippen MR) is 307 cm³/mol. The molecule has 10 aromatic carbocycles. The summed E-state index contributed by atoms with van der Waals surface area (Å²) >= 11 is 0. The molecule has 0 bridgehead atoms. The summed E-state index contributed by atoms with van der Waals surface area (Å²) < 4.78 is 0. The van der Waals surface area contributed by atoms with Gasteiger partial charge < -0.3 is 4.90 Å². The molecule has 0 fully saturated rings. The highest BCUT2D eigenvalue weighted by Gasteiger charge is 2.42. The molecule has 0 heterocycles. The topological polar surface area (TPSA) is 3.24 Å². The molecule has 0 aromatic heterocycles. The van der Waals surface area contributed by atoms with Crippen molar-refractivity contribution in [3.63, 3.8) is 0 Å². The molecular weight excluding hydrogens is 867 g/mol. The third-order valence-corrected chi connectivity index (χ3v) is 16.3. The molecule has 1 unspecified atom stereocenters. The number of para-hydroxylation sites is 2. The van der Waals surface area contributed by atoms with E-state index >= 15 is 0 Å². The van der Waals surface area contributed by atoms with Crippen molar-refractivity contribution in [2.75, 3.05) is 4.90 Å². The van der Waals surface area contributed by atoms with Gasteiger partial charge in [-0.2, -0.15) is 0 Å². The fraction of sp³-hybridized carbons (Fsp3) is 0.183. The second-order valence-electron chi connectivity index (χ2n) is 23.0. The first-order valence-corrected chi connectivity index (χ1v) is 25.8. The normalized spacial score (nSPS) is 15.5. The van der Waals surface area contributed by atoms with E-state index < -0.39 is 0 Å². The third-order valence-electron chi connectivity index (χ3n) is 16.3. The van der Waals surface area contributed by atoms with Crippen molar-refractivity contribution >= 4 is 27.8 Å². The first-order valence-electron chi connectivity index (χ1n) is 25.8. The molecule has 0 saturated heterocycles. The van der Waals surface area contributed by atoms with E-state index in [1.165, 1.54) is 111 Å². The van der Waals surface area contributed by atoms with Crippen molar-refractivity contribution < 1.29 is 0 Å². The third kappa shape index (κ3) is 7.11. The van der Waals surface area contributed by atoms with Crippen LogP contribution < -0.4 is 4.90 Å². The van der Waals surface area contributed by atoms with Crippen LogP contribution in [0.3, 0.4) is 0 Å². The Balaban J connectivity index is 1.13. The highest BCUT2D eigenvalue weighted by molar-refractivity contribution is 6.10. The molecule has 10 aromatic rings. The quantitative estimate of drug-likeness (QED) is 0.154. The Labute approximate surface area is 427 Å². The molecule has 1 atom stereocenters. The molecule has 0 aliphatic heterocycles. The Morgan fingerprint density at radius 1 is 0.333 bits per heavy atom. The number of benzene rings is 10. The smallest absolute Gasteiger partial charge is 0.0543 e. The zero-order valence-corrected chi connectivity index (χ0v) is 43.2. The minimum atomic E-state index is -0.327. The minimum absolute atomic E-state index is 0.0178. The van der Waals surface area contributed by atoms with Crippen LogP contribution in [-0.4, -0.2) is 0 Å². The fourth-order valence-electron chi connectivity index (χ4n) is 12.3. The number of rotatable bonds is 7. The van der Waals surface area contributed by atoms with E-state index in [0.717, 1.165) is 11.4 Å². The van der Waals surface area contributed by atoms with Gasteiger partial charge in [-0.15, -0.1) is 0 Å². The van der Waals surface area contributed by atoms with E-state index in [-0.39, 0.29) is 21.7 Å². The van der Waals surface area contributed by atoms with Gasteiger partial charge in [-0.3, -0.25) is 0 Å². The summed E-state index contributed by atoms with van der Waals surface area (Å²) in [6, 6.07) is 82.7. The molecule has 0 amide bonds. The largest absolute Gasteiger partial charge is 0.309 e. The lowest BCUT2D eigenvalue weighted by Crippen LogP contribution is -2.22. The van der Waals surface area contributed by atoms with Gasteiger partial charge in [0.1, 0.15) is 0 Å². The molecular formula is C71H63N. The van der Waals surface area contributed by atoms with Crippen molar-refractivity contribution in [2.45, 2.75) is 84.0 Å². The zero-order valence-electron chi connectivity index (χ0n) is 43.2. The lowest BCUT2D eigenvalue weighted by Gasteiger charge is -2.33. The Bertz CT molecular complexity index is 3720. The Hall–Kier alpha value is -7.74. The average molecular weight is 930 g/mol. The van der Waals surface area contributed by atoms with Crippen molar-refractivity contribution in [1.82, 2.24) is 0 Å². The van der Waals surface area contributed by atoms with Crippen LogP contribution in [0.2, 0.25) is 0 Å². The second-order valence-corrected chi connectivity index (χ2v) is 23.0. The van der Waals surface area contributed by atoms with Gasteiger partial charge in [-0.1, -0.05) is 250 Å². The van der Waals surface area contributed by atoms with Crippen molar-refractivity contribution in [3.8, 4) is 55.6 Å². The summed E-state index contributed by atoms with van der Waals surface area (Å²) in [5.74, 6) is 0. The van der Waals surface area contributed by atoms with E-state index in [9.17, 15) is 0 Å². The van der Waals surface area contributed by atoms with Crippen molar-refractivity contribution in [3.05, 3.63) is 257 Å². The Morgan fingerprint density at radius 2 is 0.833 bits per heavy atom. The summed E-state index contributed by atoms with van der Waals surface area (Å²) in [5, 5.41) is 2.48. The van der Waals surface area contributed by atoms with Gasteiger partial charge in [-0.05, 0) is 131 Å². The van der Waals surface area contributed by atoms with E-state index in [1.54, 1.807) is 0 Å². The van der Waals surface area contributed by atoms with Crippen LogP contribution in [-0.2, 0) is 21.7 Å². The number of anilines is 3. The molecule has 1 nitrogen and oxygen atoms in total. The van der Waals surface area contributed by atoms with Crippen LogP contribution in [0.1, 0.15) is 101 Å². The van der Waals surface area contributed by atoms with Crippen LogP contribution >= 0.6 is 0 Å². The highest BCUT2D eigenvalue weighted by Crippen LogP contribution is 2.58. The predicted octanol–water partition coefficient (Wildman–Crippen LogP) is 19.5. The summed E-state index contributed by atoms with van der Waals surface area (Å²) in [7, 11) is 0. The van der Waals surface area contributed by atoms with Gasteiger partial charge in [0.2, 0.25) is 0 Å². The number of hydrogen-bond donors (Lipinski definition) is 0. The monoisotopic (exact) mass is 929 g/mol. The summed E-state index contributed by atoms with van der Waals surface area (Å²) in [5.41, 5.74) is 24.7. The molecule has 2 aliphatic carbocycles. The Morgan fingerprint density at radius 3 is 1.51 bits per heavy atom. The number of fused-ring (bicyclic) bond motifs is 7. The van der Waals surface area contributed by atoms with Crippen LogP contribution in [0.25, 0.3) is 66.4 Å². The summed E-state index contributed by atoms with van der Waals surface area (Å²) in [4.78, 5) is 2.60. The van der Waals surface area contributed by atoms with Crippen LogP contribution in [0.4, 0.5) is 17.1 Å². The second kappa shape index (κ2) is 16.7. The van der Waals surface area contributed by atoms with Gasteiger partial charge in [-0.25, -0.2) is 0 Å². The maximum Gasteiger partial charge on any atom is 0.0543 e.